The Bertz CT molecular complexity index is 290. The van der Waals surface area contributed by atoms with E-state index in [4.69, 9.17) is 17.3 Å². The van der Waals surface area contributed by atoms with Crippen LogP contribution in [0.25, 0.3) is 0 Å². The summed E-state index contributed by atoms with van der Waals surface area (Å²) in [6.07, 6.45) is 0.702. The zero-order chi connectivity index (χ0) is 11.6. The number of carboxylic acid groups (broad SMARTS) is 1. The highest BCUT2D eigenvalue weighted by Gasteiger charge is 2.39. The van der Waals surface area contributed by atoms with Gasteiger partial charge in [0, 0.05) is 0 Å². The number of thiocarbonyl (C=S) groups is 1. The van der Waals surface area contributed by atoms with Crippen LogP contribution >= 0.6 is 24.0 Å². The summed E-state index contributed by atoms with van der Waals surface area (Å²) in [5, 5.41) is 9.11. The van der Waals surface area contributed by atoms with Crippen LogP contribution in [0.1, 0.15) is 20.3 Å². The second-order valence-electron chi connectivity index (χ2n) is 3.49. The minimum Gasteiger partial charge on any atom is -0.480 e. The lowest BCUT2D eigenvalue weighted by atomic mass is 9.98. The quantitative estimate of drug-likeness (QED) is 0.760. The Morgan fingerprint density at radius 1 is 1.73 bits per heavy atom. The van der Waals surface area contributed by atoms with E-state index in [-0.39, 0.29) is 17.6 Å². The lowest BCUT2D eigenvalue weighted by Crippen LogP contribution is -2.47. The Labute approximate surface area is 98.0 Å². The molecule has 1 fully saturated rings. The van der Waals surface area contributed by atoms with E-state index in [2.05, 4.69) is 0 Å². The predicted octanol–water partition coefficient (Wildman–Crippen LogP) is 1.35. The second kappa shape index (κ2) is 4.94. The molecular weight excluding hydrogens is 234 g/mol. The van der Waals surface area contributed by atoms with Crippen molar-refractivity contribution in [3.05, 3.63) is 0 Å². The average molecular weight is 247 g/mol. The van der Waals surface area contributed by atoms with E-state index >= 15 is 0 Å². The van der Waals surface area contributed by atoms with Gasteiger partial charge in [-0.2, -0.15) is 0 Å². The Balaban J connectivity index is 2.93. The molecule has 0 aromatic carbocycles. The number of hydrogen-bond acceptors (Lipinski definition) is 4. The highest BCUT2D eigenvalue weighted by atomic mass is 32.2. The molecule has 1 saturated heterocycles. The summed E-state index contributed by atoms with van der Waals surface area (Å²) in [6, 6.07) is -0.815. The Kier molecular flexibility index (Phi) is 4.10. The van der Waals surface area contributed by atoms with Crippen LogP contribution in [-0.2, 0) is 9.59 Å². The molecule has 1 heterocycles. The molecule has 2 atom stereocenters. The molecule has 6 heteroatoms. The number of amides is 1. The molecule has 1 rings (SSSR count). The van der Waals surface area contributed by atoms with Gasteiger partial charge in [-0.05, 0) is 5.92 Å². The molecule has 1 aliphatic heterocycles. The van der Waals surface area contributed by atoms with E-state index in [1.165, 1.54) is 16.7 Å². The van der Waals surface area contributed by atoms with Crippen molar-refractivity contribution in [3.63, 3.8) is 0 Å². The molecule has 1 N–H and O–H groups in total. The third kappa shape index (κ3) is 2.49. The van der Waals surface area contributed by atoms with E-state index < -0.39 is 12.0 Å². The maximum absolute atomic E-state index is 11.5. The van der Waals surface area contributed by atoms with Crippen molar-refractivity contribution < 1.29 is 14.7 Å². The van der Waals surface area contributed by atoms with Crippen molar-refractivity contribution in [1.29, 1.82) is 0 Å². The molecule has 0 bridgehead atoms. The minimum atomic E-state index is -0.984. The maximum Gasteiger partial charge on any atom is 0.327 e. The van der Waals surface area contributed by atoms with Gasteiger partial charge in [0.2, 0.25) is 5.91 Å². The first kappa shape index (κ1) is 12.4. The molecule has 0 aliphatic carbocycles. The van der Waals surface area contributed by atoms with Gasteiger partial charge in [0.1, 0.15) is 10.4 Å². The summed E-state index contributed by atoms with van der Waals surface area (Å²) in [6.45, 7) is 3.72. The molecular formula is C9H13NO3S2. The van der Waals surface area contributed by atoms with E-state index in [1.54, 1.807) is 0 Å². The zero-order valence-corrected chi connectivity index (χ0v) is 10.2. The summed E-state index contributed by atoms with van der Waals surface area (Å²) >= 11 is 6.22. The topological polar surface area (TPSA) is 57.6 Å². The van der Waals surface area contributed by atoms with Crippen LogP contribution < -0.4 is 0 Å². The average Bonchev–Trinajstić information content (AvgIpc) is 2.49. The van der Waals surface area contributed by atoms with Crippen molar-refractivity contribution in [2.75, 3.05) is 5.75 Å². The normalized spacial score (nSPS) is 20.5. The molecule has 1 amide bonds. The molecule has 0 saturated carbocycles. The molecule has 0 aromatic rings. The number of carboxylic acids is 1. The summed E-state index contributed by atoms with van der Waals surface area (Å²) in [4.78, 5) is 23.9. The third-order valence-electron chi connectivity index (χ3n) is 2.50. The molecule has 0 spiro atoms. The third-order valence-corrected chi connectivity index (χ3v) is 3.88. The van der Waals surface area contributed by atoms with E-state index in [0.717, 1.165) is 0 Å². The van der Waals surface area contributed by atoms with Crippen LogP contribution in [-0.4, -0.2) is 38.0 Å². The van der Waals surface area contributed by atoms with Gasteiger partial charge in [-0.3, -0.25) is 9.69 Å². The number of carbonyl (C=O) groups excluding carboxylic acids is 1. The molecule has 15 heavy (non-hydrogen) atoms. The van der Waals surface area contributed by atoms with Crippen molar-refractivity contribution in [3.8, 4) is 0 Å². The highest BCUT2D eigenvalue weighted by Crippen LogP contribution is 2.26. The largest absolute Gasteiger partial charge is 0.480 e. The van der Waals surface area contributed by atoms with Gasteiger partial charge in [0.25, 0.3) is 0 Å². The summed E-state index contributed by atoms with van der Waals surface area (Å²) in [5.74, 6) is -1.01. The van der Waals surface area contributed by atoms with Gasteiger partial charge in [0.15, 0.2) is 0 Å². The molecule has 2 unspecified atom stereocenters. The number of nitrogens with zero attached hydrogens (tertiary/aromatic N) is 1. The van der Waals surface area contributed by atoms with Crippen LogP contribution in [0.4, 0.5) is 0 Å². The van der Waals surface area contributed by atoms with Crippen LogP contribution in [0.3, 0.4) is 0 Å². The summed E-state index contributed by atoms with van der Waals surface area (Å²) < 4.78 is 0.382. The van der Waals surface area contributed by atoms with Crippen molar-refractivity contribution in [2.45, 2.75) is 26.3 Å². The van der Waals surface area contributed by atoms with Gasteiger partial charge in [0.05, 0.1) is 5.75 Å². The van der Waals surface area contributed by atoms with Gasteiger partial charge < -0.3 is 5.11 Å². The first-order valence-corrected chi connectivity index (χ1v) is 6.10. The fraction of sp³-hybridized carbons (Fsp3) is 0.667. The molecule has 4 nitrogen and oxygen atoms in total. The number of thioether (sulfide) groups is 1. The summed E-state index contributed by atoms with van der Waals surface area (Å²) in [5.41, 5.74) is 0. The van der Waals surface area contributed by atoms with E-state index in [1.807, 2.05) is 13.8 Å². The van der Waals surface area contributed by atoms with Gasteiger partial charge in [-0.15, -0.1) is 0 Å². The SMILES string of the molecule is CCC(C)C(C(=O)O)N1C(=O)CSC1=S. The highest BCUT2D eigenvalue weighted by molar-refractivity contribution is 8.23. The summed E-state index contributed by atoms with van der Waals surface area (Å²) in [7, 11) is 0. The van der Waals surface area contributed by atoms with Crippen molar-refractivity contribution >= 4 is 40.2 Å². The van der Waals surface area contributed by atoms with E-state index in [0.29, 0.717) is 10.7 Å². The minimum absolute atomic E-state index is 0.0944. The lowest BCUT2D eigenvalue weighted by molar-refractivity contribution is -0.147. The fourth-order valence-corrected chi connectivity index (χ4v) is 2.60. The Hall–Kier alpha value is -0.620. The smallest absolute Gasteiger partial charge is 0.327 e. The number of rotatable bonds is 4. The van der Waals surface area contributed by atoms with Crippen LogP contribution in [0.15, 0.2) is 0 Å². The lowest BCUT2D eigenvalue weighted by Gasteiger charge is -2.27. The maximum atomic E-state index is 11.5. The standard InChI is InChI=1S/C9H13NO3S2/c1-3-5(2)7(8(12)13)10-6(11)4-15-9(10)14/h5,7H,3-4H2,1-2H3,(H,12,13). The van der Waals surface area contributed by atoms with E-state index in [9.17, 15) is 9.59 Å². The van der Waals surface area contributed by atoms with Gasteiger partial charge >= 0.3 is 5.97 Å². The monoisotopic (exact) mass is 247 g/mol. The van der Waals surface area contributed by atoms with Crippen LogP contribution in [0.5, 0.6) is 0 Å². The van der Waals surface area contributed by atoms with Crippen LogP contribution in [0, 0.1) is 5.92 Å². The number of aliphatic carboxylic acids is 1. The zero-order valence-electron chi connectivity index (χ0n) is 8.60. The molecule has 1 aliphatic rings. The van der Waals surface area contributed by atoms with Gasteiger partial charge in [-0.1, -0.05) is 44.2 Å². The molecule has 0 aromatic heterocycles. The van der Waals surface area contributed by atoms with Crippen molar-refractivity contribution in [2.24, 2.45) is 5.92 Å². The predicted molar refractivity (Wildman–Crippen MR) is 62.8 cm³/mol. The molecule has 0 radical (unpaired) electrons. The number of hydrogen-bond donors (Lipinski definition) is 1. The number of carbonyl (C=O) groups is 2. The second-order valence-corrected chi connectivity index (χ2v) is 5.10. The molecule has 84 valence electrons. The Morgan fingerprint density at radius 3 is 2.67 bits per heavy atom. The fourth-order valence-electron chi connectivity index (χ4n) is 1.46. The first-order chi connectivity index (χ1) is 6.99. The first-order valence-electron chi connectivity index (χ1n) is 4.70. The van der Waals surface area contributed by atoms with Gasteiger partial charge in [-0.25, -0.2) is 4.79 Å². The van der Waals surface area contributed by atoms with Crippen molar-refractivity contribution in [1.82, 2.24) is 4.90 Å². The Morgan fingerprint density at radius 2 is 2.33 bits per heavy atom. The van der Waals surface area contributed by atoms with Crippen LogP contribution in [0.2, 0.25) is 0 Å².